The van der Waals surface area contributed by atoms with Crippen molar-refractivity contribution in [2.45, 2.75) is 26.7 Å². The van der Waals surface area contributed by atoms with Gasteiger partial charge in [-0.25, -0.2) is 4.98 Å². The molecule has 2 heterocycles. The molecule has 2 rings (SSSR count). The summed E-state index contributed by atoms with van der Waals surface area (Å²) in [6.07, 6.45) is 5.78. The minimum absolute atomic E-state index is 0.828. The highest BCUT2D eigenvalue weighted by atomic mass is 32.1. The van der Waals surface area contributed by atoms with Crippen LogP contribution in [0.5, 0.6) is 0 Å². The molecule has 2 aromatic rings. The van der Waals surface area contributed by atoms with Gasteiger partial charge in [0.1, 0.15) is 0 Å². The minimum atomic E-state index is 0.828. The van der Waals surface area contributed by atoms with Crippen molar-refractivity contribution in [3.05, 3.63) is 33.5 Å². The van der Waals surface area contributed by atoms with Gasteiger partial charge in [0, 0.05) is 44.7 Å². The molecule has 0 aliphatic rings. The first-order chi connectivity index (χ1) is 10.6. The molecule has 0 saturated heterocycles. The Hall–Kier alpha value is -1.89. The molecule has 120 valence electrons. The molecule has 0 bridgehead atoms. The number of aliphatic imine (C=N–C) groups is 1. The van der Waals surface area contributed by atoms with Crippen LogP contribution in [0, 0.1) is 13.8 Å². The van der Waals surface area contributed by atoms with Crippen LogP contribution >= 0.6 is 11.3 Å². The first kappa shape index (κ1) is 16.5. The average molecular weight is 320 g/mol. The Morgan fingerprint density at radius 3 is 2.55 bits per heavy atom. The highest BCUT2D eigenvalue weighted by Gasteiger charge is 2.04. The number of hydrogen-bond donors (Lipinski definition) is 2. The second-order valence-corrected chi connectivity index (χ2v) is 6.48. The van der Waals surface area contributed by atoms with Gasteiger partial charge >= 0.3 is 0 Å². The summed E-state index contributed by atoms with van der Waals surface area (Å²) >= 11 is 1.77. The van der Waals surface area contributed by atoms with E-state index in [0.717, 1.165) is 37.6 Å². The molecule has 2 N–H and O–H groups in total. The maximum absolute atomic E-state index is 4.55. The fourth-order valence-electron chi connectivity index (χ4n) is 2.08. The molecule has 0 aliphatic carbocycles. The number of nitrogens with one attached hydrogen (secondary N) is 2. The van der Waals surface area contributed by atoms with Crippen molar-refractivity contribution in [3.63, 3.8) is 0 Å². The average Bonchev–Trinajstić information content (AvgIpc) is 3.03. The lowest BCUT2D eigenvalue weighted by Gasteiger charge is -2.10. The van der Waals surface area contributed by atoms with Gasteiger partial charge in [0.2, 0.25) is 0 Å². The van der Waals surface area contributed by atoms with E-state index in [9.17, 15) is 0 Å². The largest absolute Gasteiger partial charge is 0.356 e. The topological polar surface area (TPSA) is 67.1 Å². The van der Waals surface area contributed by atoms with Gasteiger partial charge in [-0.2, -0.15) is 5.10 Å². The van der Waals surface area contributed by atoms with E-state index in [4.69, 9.17) is 0 Å². The van der Waals surface area contributed by atoms with E-state index >= 15 is 0 Å². The Labute approximate surface area is 135 Å². The Kier molecular flexibility index (Phi) is 5.94. The van der Waals surface area contributed by atoms with E-state index in [-0.39, 0.29) is 0 Å². The number of rotatable bonds is 6. The SMILES string of the molecule is CN=C(NCCc1cnn(C)c1)NCCc1nc(C)c(C)s1. The van der Waals surface area contributed by atoms with Crippen LogP contribution in [0.4, 0.5) is 0 Å². The van der Waals surface area contributed by atoms with E-state index in [1.54, 1.807) is 18.4 Å². The molecule has 22 heavy (non-hydrogen) atoms. The number of nitrogens with zero attached hydrogens (tertiary/aromatic N) is 4. The van der Waals surface area contributed by atoms with Crippen LogP contribution in [0.25, 0.3) is 0 Å². The number of guanidine groups is 1. The number of hydrogen-bond acceptors (Lipinski definition) is 4. The van der Waals surface area contributed by atoms with Crippen LogP contribution in [-0.4, -0.2) is 40.9 Å². The zero-order valence-electron chi connectivity index (χ0n) is 13.7. The molecule has 6 nitrogen and oxygen atoms in total. The molecule has 2 aromatic heterocycles. The normalized spacial score (nSPS) is 11.7. The Balaban J connectivity index is 1.68. The molecule has 7 heteroatoms. The van der Waals surface area contributed by atoms with E-state index in [1.165, 1.54) is 15.4 Å². The van der Waals surface area contributed by atoms with Crippen molar-refractivity contribution in [1.29, 1.82) is 0 Å². The molecule has 0 saturated carbocycles. The zero-order valence-corrected chi connectivity index (χ0v) is 14.5. The molecular weight excluding hydrogens is 296 g/mol. The van der Waals surface area contributed by atoms with Crippen LogP contribution in [0.1, 0.15) is 21.1 Å². The number of thiazole rings is 1. The van der Waals surface area contributed by atoms with E-state index in [0.29, 0.717) is 0 Å². The lowest BCUT2D eigenvalue weighted by atomic mass is 10.2. The molecule has 0 unspecified atom stereocenters. The summed E-state index contributed by atoms with van der Waals surface area (Å²) in [5, 5.41) is 12.0. The first-order valence-electron chi connectivity index (χ1n) is 7.43. The number of aromatic nitrogens is 3. The quantitative estimate of drug-likeness (QED) is 0.624. The highest BCUT2D eigenvalue weighted by molar-refractivity contribution is 7.11. The van der Waals surface area contributed by atoms with Gasteiger partial charge in [-0.1, -0.05) is 0 Å². The Morgan fingerprint density at radius 1 is 1.27 bits per heavy atom. The van der Waals surface area contributed by atoms with Crippen molar-refractivity contribution >= 4 is 17.3 Å². The summed E-state index contributed by atoms with van der Waals surface area (Å²) in [5.74, 6) is 0.828. The van der Waals surface area contributed by atoms with E-state index < -0.39 is 0 Å². The monoisotopic (exact) mass is 320 g/mol. The summed E-state index contributed by atoms with van der Waals surface area (Å²) in [5.41, 5.74) is 2.36. The minimum Gasteiger partial charge on any atom is -0.356 e. The first-order valence-corrected chi connectivity index (χ1v) is 8.25. The van der Waals surface area contributed by atoms with Gasteiger partial charge in [0.05, 0.1) is 16.9 Å². The molecule has 0 amide bonds. The predicted molar refractivity (Wildman–Crippen MR) is 91.6 cm³/mol. The molecule has 0 atom stereocenters. The summed E-state index contributed by atoms with van der Waals surface area (Å²) in [7, 11) is 3.72. The number of aryl methyl sites for hydroxylation is 3. The lowest BCUT2D eigenvalue weighted by Crippen LogP contribution is -2.39. The maximum Gasteiger partial charge on any atom is 0.191 e. The molecule has 0 aliphatic heterocycles. The zero-order chi connectivity index (χ0) is 15.9. The third-order valence-corrected chi connectivity index (χ3v) is 4.52. The van der Waals surface area contributed by atoms with Crippen molar-refractivity contribution in [3.8, 4) is 0 Å². The maximum atomic E-state index is 4.55. The van der Waals surface area contributed by atoms with Crippen molar-refractivity contribution in [1.82, 2.24) is 25.4 Å². The summed E-state index contributed by atoms with van der Waals surface area (Å²) < 4.78 is 1.82. The van der Waals surface area contributed by atoms with Crippen molar-refractivity contribution in [2.75, 3.05) is 20.1 Å². The third kappa shape index (κ3) is 4.84. The highest BCUT2D eigenvalue weighted by Crippen LogP contribution is 2.16. The van der Waals surface area contributed by atoms with Crippen LogP contribution in [0.15, 0.2) is 17.4 Å². The Bertz CT molecular complexity index is 608. The van der Waals surface area contributed by atoms with Crippen LogP contribution in [0.3, 0.4) is 0 Å². The predicted octanol–water partition coefficient (Wildman–Crippen LogP) is 1.44. The second-order valence-electron chi connectivity index (χ2n) is 5.20. The molecule has 0 radical (unpaired) electrons. The second kappa shape index (κ2) is 7.93. The van der Waals surface area contributed by atoms with Gasteiger partial charge in [-0.3, -0.25) is 9.67 Å². The summed E-state index contributed by atoms with van der Waals surface area (Å²) in [6, 6.07) is 0. The van der Waals surface area contributed by atoms with Gasteiger partial charge in [-0.05, 0) is 25.8 Å². The Morgan fingerprint density at radius 2 is 2.00 bits per heavy atom. The summed E-state index contributed by atoms with van der Waals surface area (Å²) in [4.78, 5) is 10.1. The van der Waals surface area contributed by atoms with Gasteiger partial charge < -0.3 is 10.6 Å². The van der Waals surface area contributed by atoms with Crippen LogP contribution in [0.2, 0.25) is 0 Å². The van der Waals surface area contributed by atoms with E-state index in [1.807, 2.05) is 24.1 Å². The van der Waals surface area contributed by atoms with Gasteiger partial charge in [-0.15, -0.1) is 11.3 Å². The van der Waals surface area contributed by atoms with Crippen molar-refractivity contribution < 1.29 is 0 Å². The van der Waals surface area contributed by atoms with E-state index in [2.05, 4.69) is 39.6 Å². The fraction of sp³-hybridized carbons (Fsp3) is 0.533. The third-order valence-electron chi connectivity index (χ3n) is 3.39. The van der Waals surface area contributed by atoms with Crippen molar-refractivity contribution in [2.24, 2.45) is 12.0 Å². The fourth-order valence-corrected chi connectivity index (χ4v) is 3.01. The van der Waals surface area contributed by atoms with Crippen LogP contribution < -0.4 is 10.6 Å². The standard InChI is InChI=1S/C15H24N6S/c1-11-12(2)22-14(20-11)6-8-18-15(16-3)17-7-5-13-9-19-21(4)10-13/h9-10H,5-8H2,1-4H3,(H2,16,17,18). The molecule has 0 spiro atoms. The molecule has 0 aromatic carbocycles. The van der Waals surface area contributed by atoms with Crippen LogP contribution in [-0.2, 0) is 19.9 Å². The smallest absolute Gasteiger partial charge is 0.191 e. The molecular formula is C15H24N6S. The molecule has 0 fully saturated rings. The van der Waals surface area contributed by atoms with Gasteiger partial charge in [0.15, 0.2) is 5.96 Å². The van der Waals surface area contributed by atoms with Gasteiger partial charge in [0.25, 0.3) is 0 Å². The summed E-state index contributed by atoms with van der Waals surface area (Å²) in [6.45, 7) is 5.84. The lowest BCUT2D eigenvalue weighted by molar-refractivity contribution is 0.764.